The molecule has 3 aromatic carbocycles. The van der Waals surface area contributed by atoms with Crippen LogP contribution in [0.15, 0.2) is 72.8 Å². The van der Waals surface area contributed by atoms with Gasteiger partial charge in [-0.15, -0.1) is 0 Å². The quantitative estimate of drug-likeness (QED) is 0.320. The fourth-order valence-electron chi connectivity index (χ4n) is 4.38. The van der Waals surface area contributed by atoms with Gasteiger partial charge in [0.05, 0.1) is 11.1 Å². The molecule has 0 aliphatic carbocycles. The summed E-state index contributed by atoms with van der Waals surface area (Å²) in [6.45, 7) is 8.99. The number of urea groups is 2. The number of benzene rings is 3. The smallest absolute Gasteiger partial charge is 0.335 e. The molecule has 10 heteroatoms. The Morgan fingerprint density at radius 3 is 0.825 bits per heavy atom. The van der Waals surface area contributed by atoms with Gasteiger partial charge in [-0.25, -0.2) is 19.2 Å². The summed E-state index contributed by atoms with van der Waals surface area (Å²) in [6, 6.07) is 18.9. The van der Waals surface area contributed by atoms with Gasteiger partial charge >= 0.3 is 24.0 Å². The molecule has 0 aromatic heterocycles. The maximum Gasteiger partial charge on any atom is 0.335 e. The number of carboxylic acids is 2. The highest BCUT2D eigenvalue weighted by atomic mass is 16.4. The van der Waals surface area contributed by atoms with Crippen molar-refractivity contribution in [3.63, 3.8) is 0 Å². The first kappa shape index (κ1) is 29.7. The molecule has 0 heterocycles. The van der Waals surface area contributed by atoms with Gasteiger partial charge in [-0.2, -0.15) is 0 Å². The maximum atomic E-state index is 13.5. The third kappa shape index (κ3) is 6.40. The van der Waals surface area contributed by atoms with E-state index in [9.17, 15) is 19.2 Å². The van der Waals surface area contributed by atoms with E-state index in [0.29, 0.717) is 48.9 Å². The van der Waals surface area contributed by atoms with Crippen molar-refractivity contribution in [1.29, 1.82) is 0 Å². The molecule has 3 aromatic rings. The molecule has 40 heavy (non-hydrogen) atoms. The van der Waals surface area contributed by atoms with Crippen LogP contribution in [0.5, 0.6) is 0 Å². The monoisotopic (exact) mass is 546 g/mol. The summed E-state index contributed by atoms with van der Waals surface area (Å²) in [5, 5.41) is 18.3. The van der Waals surface area contributed by atoms with Crippen LogP contribution < -0.4 is 19.6 Å². The van der Waals surface area contributed by atoms with Crippen LogP contribution in [-0.2, 0) is 0 Å². The molecule has 10 nitrogen and oxygen atoms in total. The lowest BCUT2D eigenvalue weighted by Gasteiger charge is -2.31. The third-order valence-corrected chi connectivity index (χ3v) is 6.51. The van der Waals surface area contributed by atoms with E-state index in [1.54, 1.807) is 68.1 Å². The number of aromatic carboxylic acids is 2. The van der Waals surface area contributed by atoms with Crippen LogP contribution in [0.1, 0.15) is 48.4 Å². The second kappa shape index (κ2) is 13.3. The SMILES string of the molecule is CCN(C(=O)N(CC)c1ccc(N(CC)C(=O)N(CC)c2ccc(C(=O)O)cc2)cc1)c1ccc(C(=O)O)cc1. The van der Waals surface area contributed by atoms with Gasteiger partial charge < -0.3 is 10.2 Å². The first-order chi connectivity index (χ1) is 19.2. The number of amides is 4. The highest BCUT2D eigenvalue weighted by Gasteiger charge is 2.24. The second-order valence-corrected chi connectivity index (χ2v) is 8.76. The summed E-state index contributed by atoms with van der Waals surface area (Å²) >= 11 is 0. The van der Waals surface area contributed by atoms with Crippen molar-refractivity contribution in [2.45, 2.75) is 27.7 Å². The van der Waals surface area contributed by atoms with Crippen LogP contribution in [0.4, 0.5) is 32.3 Å². The topological polar surface area (TPSA) is 122 Å². The van der Waals surface area contributed by atoms with E-state index in [2.05, 4.69) is 0 Å². The lowest BCUT2D eigenvalue weighted by atomic mass is 10.2. The van der Waals surface area contributed by atoms with Crippen molar-refractivity contribution in [2.24, 2.45) is 0 Å². The second-order valence-electron chi connectivity index (χ2n) is 8.76. The van der Waals surface area contributed by atoms with Gasteiger partial charge in [-0.3, -0.25) is 19.6 Å². The number of rotatable bonds is 10. The average Bonchev–Trinajstić information content (AvgIpc) is 2.96. The van der Waals surface area contributed by atoms with Gasteiger partial charge in [0.2, 0.25) is 0 Å². The van der Waals surface area contributed by atoms with E-state index in [0.717, 1.165) is 0 Å². The largest absolute Gasteiger partial charge is 0.478 e. The molecule has 210 valence electrons. The number of nitrogens with zero attached hydrogens (tertiary/aromatic N) is 4. The van der Waals surface area contributed by atoms with Crippen LogP contribution in [0.25, 0.3) is 0 Å². The predicted octanol–water partition coefficient (Wildman–Crippen LogP) is 6.03. The Morgan fingerprint density at radius 2 is 0.650 bits per heavy atom. The molecule has 3 rings (SSSR count). The van der Waals surface area contributed by atoms with Crippen LogP contribution in [0, 0.1) is 0 Å². The number of carbonyl (C=O) groups is 4. The third-order valence-electron chi connectivity index (χ3n) is 6.51. The molecule has 0 atom stereocenters. The molecule has 0 saturated carbocycles. The van der Waals surface area contributed by atoms with Crippen molar-refractivity contribution >= 4 is 46.8 Å². The zero-order valence-electron chi connectivity index (χ0n) is 23.1. The van der Waals surface area contributed by atoms with Crippen molar-refractivity contribution < 1.29 is 29.4 Å². The Morgan fingerprint density at radius 1 is 0.450 bits per heavy atom. The molecule has 0 saturated heterocycles. The molecule has 4 amide bonds. The maximum absolute atomic E-state index is 13.5. The van der Waals surface area contributed by atoms with Crippen LogP contribution in [0.3, 0.4) is 0 Å². The Balaban J connectivity index is 1.82. The van der Waals surface area contributed by atoms with Crippen molar-refractivity contribution in [3.8, 4) is 0 Å². The molecule has 0 aliphatic heterocycles. The predicted molar refractivity (Wildman–Crippen MR) is 156 cm³/mol. The van der Waals surface area contributed by atoms with Crippen LogP contribution >= 0.6 is 0 Å². The molecule has 0 radical (unpaired) electrons. The normalized spacial score (nSPS) is 10.5. The Labute approximate surface area is 233 Å². The van der Waals surface area contributed by atoms with Gasteiger partial charge in [0.1, 0.15) is 0 Å². The summed E-state index contributed by atoms with van der Waals surface area (Å²) < 4.78 is 0. The lowest BCUT2D eigenvalue weighted by molar-refractivity contribution is 0.0686. The minimum atomic E-state index is -1.03. The first-order valence-corrected chi connectivity index (χ1v) is 13.1. The fourth-order valence-corrected chi connectivity index (χ4v) is 4.38. The van der Waals surface area contributed by atoms with E-state index in [-0.39, 0.29) is 23.2 Å². The molecule has 2 N–H and O–H groups in total. The van der Waals surface area contributed by atoms with Crippen molar-refractivity contribution in [2.75, 3.05) is 45.8 Å². The molecular weight excluding hydrogens is 512 g/mol. The lowest BCUT2D eigenvalue weighted by Crippen LogP contribution is -2.44. The highest BCUT2D eigenvalue weighted by molar-refractivity contribution is 6.05. The van der Waals surface area contributed by atoms with E-state index in [1.165, 1.54) is 24.3 Å². The van der Waals surface area contributed by atoms with Crippen molar-refractivity contribution in [3.05, 3.63) is 83.9 Å². The number of hydrogen-bond donors (Lipinski definition) is 2. The molecule has 0 bridgehead atoms. The van der Waals surface area contributed by atoms with Crippen molar-refractivity contribution in [1.82, 2.24) is 0 Å². The number of anilines is 4. The van der Waals surface area contributed by atoms with Gasteiger partial charge in [-0.1, -0.05) is 0 Å². The zero-order valence-corrected chi connectivity index (χ0v) is 23.1. The van der Waals surface area contributed by atoms with Gasteiger partial charge in [0.15, 0.2) is 0 Å². The summed E-state index contributed by atoms with van der Waals surface area (Å²) in [6.07, 6.45) is 0. The molecule has 0 aliphatic rings. The average molecular weight is 547 g/mol. The van der Waals surface area contributed by atoms with Crippen LogP contribution in [-0.4, -0.2) is 60.4 Å². The van der Waals surface area contributed by atoms with E-state index < -0.39 is 11.9 Å². The fraction of sp³-hybridized carbons (Fsp3) is 0.267. The van der Waals surface area contributed by atoms with E-state index in [1.807, 2.05) is 27.7 Å². The minimum Gasteiger partial charge on any atom is -0.478 e. The first-order valence-electron chi connectivity index (χ1n) is 13.1. The number of carboxylic acid groups (broad SMARTS) is 2. The highest BCUT2D eigenvalue weighted by Crippen LogP contribution is 2.26. The van der Waals surface area contributed by atoms with Gasteiger partial charge in [0, 0.05) is 48.9 Å². The molecular formula is C30H34N4O6. The van der Waals surface area contributed by atoms with Gasteiger partial charge in [0.25, 0.3) is 0 Å². The number of carbonyl (C=O) groups excluding carboxylic acids is 2. The minimum absolute atomic E-state index is 0.143. The summed E-state index contributed by atoms with van der Waals surface area (Å²) in [7, 11) is 0. The van der Waals surface area contributed by atoms with Crippen LogP contribution in [0.2, 0.25) is 0 Å². The van der Waals surface area contributed by atoms with E-state index >= 15 is 0 Å². The zero-order chi connectivity index (χ0) is 29.4. The molecule has 0 unspecified atom stereocenters. The summed E-state index contributed by atoms with van der Waals surface area (Å²) in [4.78, 5) is 55.7. The standard InChI is InChI=1S/C30H34N4O6/c1-5-31(23-13-9-21(10-14-23)27(35)36)29(39)33(7-3)25-17-19-26(20-18-25)34(8-4)30(40)32(6-2)24-15-11-22(12-16-24)28(37)38/h9-20H,5-8H2,1-4H3,(H,35,36)(H,37,38). The Bertz CT molecular complexity index is 1240. The number of hydrogen-bond acceptors (Lipinski definition) is 4. The summed E-state index contributed by atoms with van der Waals surface area (Å²) in [5.41, 5.74) is 2.76. The van der Waals surface area contributed by atoms with Gasteiger partial charge in [-0.05, 0) is 100 Å². The molecule has 0 spiro atoms. The Hall–Kier alpha value is -4.86. The Kier molecular flexibility index (Phi) is 9.86. The molecule has 0 fully saturated rings. The van der Waals surface area contributed by atoms with E-state index in [4.69, 9.17) is 10.2 Å². The summed E-state index contributed by atoms with van der Waals surface area (Å²) in [5.74, 6) is -2.07.